The maximum Gasteiger partial charge on any atom is 0.226 e. The van der Waals surface area contributed by atoms with Crippen LogP contribution in [0.25, 0.3) is 21.9 Å². The van der Waals surface area contributed by atoms with Gasteiger partial charge in [0.25, 0.3) is 0 Å². The van der Waals surface area contributed by atoms with Crippen molar-refractivity contribution in [2.75, 3.05) is 13.2 Å². The smallest absolute Gasteiger partial charge is 0.226 e. The van der Waals surface area contributed by atoms with E-state index in [9.17, 15) is 4.39 Å². The van der Waals surface area contributed by atoms with Gasteiger partial charge >= 0.3 is 0 Å². The van der Waals surface area contributed by atoms with E-state index in [4.69, 9.17) is 19.4 Å². The van der Waals surface area contributed by atoms with Gasteiger partial charge in [-0.2, -0.15) is 0 Å². The highest BCUT2D eigenvalue weighted by Crippen LogP contribution is 2.33. The van der Waals surface area contributed by atoms with Gasteiger partial charge in [-0.1, -0.05) is 12.0 Å². The summed E-state index contributed by atoms with van der Waals surface area (Å²) in [7, 11) is 0. The molecule has 28 heavy (non-hydrogen) atoms. The normalized spacial score (nSPS) is 19.6. The molecular weight excluding hydrogens is 363 g/mol. The van der Waals surface area contributed by atoms with E-state index in [0.717, 1.165) is 37.1 Å². The van der Waals surface area contributed by atoms with E-state index < -0.39 is 5.82 Å². The van der Waals surface area contributed by atoms with Gasteiger partial charge < -0.3 is 13.9 Å². The summed E-state index contributed by atoms with van der Waals surface area (Å²) in [6.45, 7) is 2.76. The highest BCUT2D eigenvalue weighted by molar-refractivity contribution is 5.55. The molecule has 0 spiro atoms. The van der Waals surface area contributed by atoms with Crippen LogP contribution in [0.1, 0.15) is 37.6 Å². The molecular formula is C20H23FN4O3. The first-order chi connectivity index (χ1) is 13.6. The number of hydrogen-bond acceptors (Lipinski definition) is 5. The van der Waals surface area contributed by atoms with Crippen LogP contribution in [-0.4, -0.2) is 30.3 Å². The van der Waals surface area contributed by atoms with Crippen molar-refractivity contribution in [1.29, 1.82) is 0 Å². The minimum atomic E-state index is -0.400. The van der Waals surface area contributed by atoms with Crippen LogP contribution in [0.15, 0.2) is 27.7 Å². The molecule has 0 bridgehead atoms. The molecule has 2 aliphatic carbocycles. The molecule has 1 aromatic carbocycles. The van der Waals surface area contributed by atoms with E-state index in [1.54, 1.807) is 12.1 Å². The average Bonchev–Trinajstić information content (AvgIpc) is 3.42. The zero-order valence-corrected chi connectivity index (χ0v) is 15.8. The molecule has 1 fully saturated rings. The summed E-state index contributed by atoms with van der Waals surface area (Å²) in [6, 6.07) is 4.62. The number of nitrogens with zero attached hydrogens (tertiary/aromatic N) is 4. The number of hydrogen-bond donors (Lipinski definition) is 0. The molecule has 2 aliphatic rings. The summed E-state index contributed by atoms with van der Waals surface area (Å²) in [5, 5.41) is 3.61. The Morgan fingerprint density at radius 3 is 3.00 bits per heavy atom. The fourth-order valence-corrected chi connectivity index (χ4v) is 3.25. The van der Waals surface area contributed by atoms with Crippen LogP contribution in [0, 0.1) is 11.7 Å². The van der Waals surface area contributed by atoms with Crippen molar-refractivity contribution in [3.8, 4) is 17.2 Å². The van der Waals surface area contributed by atoms with Crippen molar-refractivity contribution in [1.82, 2.24) is 4.98 Å². The number of fused-ring (bicyclic) bond motifs is 1. The molecule has 1 heterocycles. The van der Waals surface area contributed by atoms with Crippen LogP contribution in [0.2, 0.25) is 0 Å². The Morgan fingerprint density at radius 1 is 1.39 bits per heavy atom. The molecule has 2 atom stereocenters. The van der Waals surface area contributed by atoms with Gasteiger partial charge in [0.2, 0.25) is 5.89 Å². The zero-order valence-electron chi connectivity index (χ0n) is 15.8. The van der Waals surface area contributed by atoms with Crippen molar-refractivity contribution in [3.05, 3.63) is 45.9 Å². The Hall–Kier alpha value is -2.57. The van der Waals surface area contributed by atoms with E-state index in [1.165, 1.54) is 6.07 Å². The van der Waals surface area contributed by atoms with E-state index in [0.29, 0.717) is 37.0 Å². The van der Waals surface area contributed by atoms with Gasteiger partial charge in [-0.25, -0.2) is 9.37 Å². The van der Waals surface area contributed by atoms with E-state index >= 15 is 0 Å². The molecule has 148 valence electrons. The van der Waals surface area contributed by atoms with Crippen molar-refractivity contribution in [2.24, 2.45) is 11.0 Å². The van der Waals surface area contributed by atoms with Gasteiger partial charge in [0.1, 0.15) is 5.76 Å². The molecule has 0 N–H and O–H groups in total. The molecule has 1 saturated carbocycles. The summed E-state index contributed by atoms with van der Waals surface area (Å²) >= 11 is 0. The van der Waals surface area contributed by atoms with E-state index in [1.807, 2.05) is 6.92 Å². The maximum absolute atomic E-state index is 14.3. The van der Waals surface area contributed by atoms with E-state index in [2.05, 4.69) is 15.0 Å². The topological polar surface area (TPSA) is 93.2 Å². The highest BCUT2D eigenvalue weighted by Gasteiger charge is 2.26. The molecule has 4 rings (SSSR count). The van der Waals surface area contributed by atoms with Crippen molar-refractivity contribution in [3.63, 3.8) is 0 Å². The van der Waals surface area contributed by atoms with Crippen LogP contribution in [-0.2, 0) is 17.6 Å². The predicted octanol–water partition coefficient (Wildman–Crippen LogP) is 4.84. The van der Waals surface area contributed by atoms with Gasteiger partial charge in [-0.05, 0) is 55.3 Å². The monoisotopic (exact) mass is 386 g/mol. The molecule has 0 amide bonds. The van der Waals surface area contributed by atoms with Crippen LogP contribution >= 0.6 is 0 Å². The molecule has 7 nitrogen and oxygen atoms in total. The van der Waals surface area contributed by atoms with Crippen molar-refractivity contribution < 1.29 is 18.3 Å². The Morgan fingerprint density at radius 2 is 2.25 bits per heavy atom. The first-order valence-corrected chi connectivity index (χ1v) is 9.69. The molecule has 2 unspecified atom stereocenters. The van der Waals surface area contributed by atoms with Crippen LogP contribution < -0.4 is 4.74 Å². The summed E-state index contributed by atoms with van der Waals surface area (Å²) in [4.78, 5) is 7.32. The Kier molecular flexibility index (Phi) is 5.50. The lowest BCUT2D eigenvalue weighted by Gasteiger charge is -2.21. The van der Waals surface area contributed by atoms with Gasteiger partial charge in [0.15, 0.2) is 11.6 Å². The first-order valence-electron chi connectivity index (χ1n) is 9.69. The maximum atomic E-state index is 14.3. The third-order valence-electron chi connectivity index (χ3n) is 5.07. The Balaban J connectivity index is 1.41. The number of rotatable bonds is 8. The fraction of sp³-hybridized carbons (Fsp3) is 0.550. The van der Waals surface area contributed by atoms with Crippen molar-refractivity contribution in [2.45, 2.75) is 51.2 Å². The van der Waals surface area contributed by atoms with Gasteiger partial charge in [0.05, 0.1) is 31.1 Å². The number of oxazole rings is 1. The lowest BCUT2D eigenvalue weighted by molar-refractivity contribution is 0.0341. The largest absolute Gasteiger partial charge is 0.490 e. The molecule has 1 aromatic heterocycles. The molecule has 0 saturated heterocycles. The quantitative estimate of drug-likeness (QED) is 0.368. The van der Waals surface area contributed by atoms with Crippen LogP contribution in [0.5, 0.6) is 5.75 Å². The molecule has 8 heteroatoms. The van der Waals surface area contributed by atoms with Crippen LogP contribution in [0.4, 0.5) is 4.39 Å². The van der Waals surface area contributed by atoms with Crippen LogP contribution in [0.3, 0.4) is 0 Å². The zero-order chi connectivity index (χ0) is 19.5. The van der Waals surface area contributed by atoms with E-state index in [-0.39, 0.29) is 17.9 Å². The Bertz CT molecular complexity index is 890. The molecule has 0 aliphatic heterocycles. The second kappa shape index (κ2) is 8.20. The standard InChI is InChI=1S/C20H23FN4O3/c1-12(24-25-22)10-26-15-5-6-17-19(9-15)28-20(23-17)14-4-7-18(16(21)8-14)27-11-13-2-3-13/h4,7-8,12-13,15H,2-3,5-6,9-11H2,1H3. The number of azide groups is 1. The summed E-state index contributed by atoms with van der Waals surface area (Å²) in [5.41, 5.74) is 9.95. The number of ether oxygens (including phenoxy) is 2. The Labute approximate surface area is 162 Å². The molecule has 2 aromatic rings. The summed E-state index contributed by atoms with van der Waals surface area (Å²) in [5.74, 6) is 1.64. The SMILES string of the molecule is CC(COC1CCc2nc(-c3ccc(OCC4CC4)c(F)c3)oc2C1)N=[N+]=[N-]. The van der Waals surface area contributed by atoms with Gasteiger partial charge in [0, 0.05) is 16.9 Å². The van der Waals surface area contributed by atoms with Gasteiger partial charge in [-0.3, -0.25) is 0 Å². The predicted molar refractivity (Wildman–Crippen MR) is 100 cm³/mol. The average molecular weight is 386 g/mol. The fourth-order valence-electron chi connectivity index (χ4n) is 3.25. The first kappa shape index (κ1) is 18.8. The lowest BCUT2D eigenvalue weighted by atomic mass is 9.99. The number of benzene rings is 1. The second-order valence-electron chi connectivity index (χ2n) is 7.54. The summed E-state index contributed by atoms with van der Waals surface area (Å²) in [6.07, 6.45) is 4.50. The second-order valence-corrected chi connectivity index (χ2v) is 7.54. The lowest BCUT2D eigenvalue weighted by Crippen LogP contribution is -2.25. The number of aromatic nitrogens is 1. The number of aryl methyl sites for hydroxylation is 1. The van der Waals surface area contributed by atoms with Crippen molar-refractivity contribution >= 4 is 0 Å². The minimum Gasteiger partial charge on any atom is -0.490 e. The number of halogens is 1. The third kappa shape index (κ3) is 4.46. The molecule has 0 radical (unpaired) electrons. The van der Waals surface area contributed by atoms with Gasteiger partial charge in [-0.15, -0.1) is 0 Å². The minimum absolute atomic E-state index is 0.000390. The summed E-state index contributed by atoms with van der Waals surface area (Å²) < 4.78 is 31.6. The third-order valence-corrected chi connectivity index (χ3v) is 5.07. The highest BCUT2D eigenvalue weighted by atomic mass is 19.1.